The van der Waals surface area contributed by atoms with Crippen LogP contribution in [0.5, 0.6) is 0 Å². The van der Waals surface area contributed by atoms with Crippen LogP contribution in [-0.4, -0.2) is 59.9 Å². The molecule has 3 nitrogen and oxygen atoms in total. The van der Waals surface area contributed by atoms with Gasteiger partial charge in [0, 0.05) is 31.1 Å². The van der Waals surface area contributed by atoms with Crippen molar-refractivity contribution in [2.75, 3.05) is 32.7 Å². The molecule has 2 rings (SSSR count). The highest BCUT2D eigenvalue weighted by molar-refractivity contribution is 8.00. The second-order valence-electron chi connectivity index (χ2n) is 5.64. The van der Waals surface area contributed by atoms with E-state index in [1.807, 2.05) is 37.3 Å². The lowest BCUT2D eigenvalue weighted by Gasteiger charge is -2.25. The fraction of sp³-hybridized carbons (Fsp3) is 0.562. The van der Waals surface area contributed by atoms with Crippen LogP contribution in [0.15, 0.2) is 35.2 Å². The van der Waals surface area contributed by atoms with Crippen molar-refractivity contribution in [3.05, 3.63) is 30.3 Å². The number of hydrogen-bond donors (Lipinski definition) is 0. The summed E-state index contributed by atoms with van der Waals surface area (Å²) >= 11 is 1.48. The van der Waals surface area contributed by atoms with Crippen LogP contribution in [0.1, 0.15) is 13.3 Å². The van der Waals surface area contributed by atoms with Gasteiger partial charge in [-0.3, -0.25) is 9.69 Å². The SMILES string of the molecule is CC(Sc1ccccc1)C(=O)N1CCCN(CC(F)(F)F)CC1. The zero-order chi connectivity index (χ0) is 16.9. The minimum Gasteiger partial charge on any atom is -0.340 e. The Kier molecular flexibility index (Phi) is 6.35. The number of carbonyl (C=O) groups is 1. The molecule has 1 unspecified atom stereocenters. The van der Waals surface area contributed by atoms with Gasteiger partial charge in [-0.15, -0.1) is 11.8 Å². The maximum Gasteiger partial charge on any atom is 0.401 e. The molecule has 0 spiro atoms. The summed E-state index contributed by atoms with van der Waals surface area (Å²) in [5.74, 6) is -0.00675. The molecule has 1 saturated heterocycles. The summed E-state index contributed by atoms with van der Waals surface area (Å²) in [6.07, 6.45) is -3.61. The molecule has 128 valence electrons. The summed E-state index contributed by atoms with van der Waals surface area (Å²) in [5, 5.41) is -0.244. The first kappa shape index (κ1) is 18.1. The average Bonchev–Trinajstić information content (AvgIpc) is 2.71. The van der Waals surface area contributed by atoms with E-state index in [0.29, 0.717) is 26.1 Å². The number of halogens is 3. The Balaban J connectivity index is 1.87. The van der Waals surface area contributed by atoms with Gasteiger partial charge in [0.15, 0.2) is 0 Å². The molecule has 7 heteroatoms. The molecule has 0 bridgehead atoms. The lowest BCUT2D eigenvalue weighted by molar-refractivity contribution is -0.145. The second-order valence-corrected chi connectivity index (χ2v) is 7.06. The smallest absolute Gasteiger partial charge is 0.340 e. The third-order valence-electron chi connectivity index (χ3n) is 3.71. The Labute approximate surface area is 138 Å². The van der Waals surface area contributed by atoms with E-state index in [0.717, 1.165) is 4.90 Å². The third-order valence-corrected chi connectivity index (χ3v) is 4.81. The summed E-state index contributed by atoms with van der Waals surface area (Å²) < 4.78 is 37.4. The number of nitrogens with zero attached hydrogens (tertiary/aromatic N) is 2. The predicted molar refractivity (Wildman–Crippen MR) is 85.5 cm³/mol. The molecule has 1 amide bonds. The van der Waals surface area contributed by atoms with Gasteiger partial charge in [0.05, 0.1) is 11.8 Å². The van der Waals surface area contributed by atoms with Gasteiger partial charge in [-0.05, 0) is 25.5 Å². The van der Waals surface area contributed by atoms with E-state index < -0.39 is 12.7 Å². The van der Waals surface area contributed by atoms with Crippen LogP contribution in [-0.2, 0) is 4.79 Å². The quantitative estimate of drug-likeness (QED) is 0.782. The van der Waals surface area contributed by atoms with E-state index in [-0.39, 0.29) is 17.7 Å². The van der Waals surface area contributed by atoms with Crippen LogP contribution >= 0.6 is 11.8 Å². The number of thioether (sulfide) groups is 1. The molecule has 1 aromatic carbocycles. The number of benzene rings is 1. The van der Waals surface area contributed by atoms with Crippen LogP contribution in [0.4, 0.5) is 13.2 Å². The van der Waals surface area contributed by atoms with Crippen LogP contribution in [0.3, 0.4) is 0 Å². The summed E-state index contributed by atoms with van der Waals surface area (Å²) in [5.41, 5.74) is 0. The van der Waals surface area contributed by atoms with Crippen LogP contribution in [0.2, 0.25) is 0 Å². The van der Waals surface area contributed by atoms with Crippen LogP contribution in [0, 0.1) is 0 Å². The largest absolute Gasteiger partial charge is 0.401 e. The van der Waals surface area contributed by atoms with Crippen molar-refractivity contribution >= 4 is 17.7 Å². The summed E-state index contributed by atoms with van der Waals surface area (Å²) in [6.45, 7) is 2.47. The zero-order valence-electron chi connectivity index (χ0n) is 13.1. The Morgan fingerprint density at radius 2 is 1.87 bits per heavy atom. The highest BCUT2D eigenvalue weighted by Crippen LogP contribution is 2.24. The Hall–Kier alpha value is -1.21. The van der Waals surface area contributed by atoms with Crippen molar-refractivity contribution in [1.82, 2.24) is 9.80 Å². The molecular formula is C16H21F3N2OS. The normalized spacial score (nSPS) is 18.5. The van der Waals surface area contributed by atoms with Gasteiger partial charge in [-0.2, -0.15) is 13.2 Å². The lowest BCUT2D eigenvalue weighted by atomic mass is 10.3. The number of alkyl halides is 3. The maximum atomic E-state index is 12.5. The van der Waals surface area contributed by atoms with Crippen molar-refractivity contribution in [3.8, 4) is 0 Å². The van der Waals surface area contributed by atoms with Crippen molar-refractivity contribution in [2.45, 2.75) is 29.7 Å². The van der Waals surface area contributed by atoms with Gasteiger partial charge in [-0.25, -0.2) is 0 Å². The maximum absolute atomic E-state index is 12.5. The minimum absolute atomic E-state index is 0.00675. The van der Waals surface area contributed by atoms with E-state index >= 15 is 0 Å². The third kappa shape index (κ3) is 6.06. The predicted octanol–water partition coefficient (Wildman–Crippen LogP) is 3.26. The lowest BCUT2D eigenvalue weighted by Crippen LogP contribution is -2.40. The fourth-order valence-corrected chi connectivity index (χ4v) is 3.59. The van der Waals surface area contributed by atoms with Crippen LogP contribution < -0.4 is 0 Å². The first-order valence-corrected chi connectivity index (χ1v) is 8.53. The molecule has 1 atom stereocenters. The standard InChI is InChI=1S/C16H21F3N2OS/c1-13(23-14-6-3-2-4-7-14)15(22)21-9-5-8-20(10-11-21)12-16(17,18)19/h2-4,6-7,13H,5,8-12H2,1H3. The molecule has 0 radical (unpaired) electrons. The molecular weight excluding hydrogens is 325 g/mol. The molecule has 1 heterocycles. The van der Waals surface area contributed by atoms with E-state index in [9.17, 15) is 18.0 Å². The number of carbonyl (C=O) groups excluding carboxylic acids is 1. The first-order valence-electron chi connectivity index (χ1n) is 7.65. The van der Waals surface area contributed by atoms with Gasteiger partial charge >= 0.3 is 6.18 Å². The molecule has 0 saturated carbocycles. The summed E-state index contributed by atoms with van der Waals surface area (Å²) in [4.78, 5) is 16.6. The molecule has 1 fully saturated rings. The van der Waals surface area contributed by atoms with Gasteiger partial charge in [0.25, 0.3) is 0 Å². The van der Waals surface area contributed by atoms with Crippen molar-refractivity contribution in [3.63, 3.8) is 0 Å². The Morgan fingerprint density at radius 3 is 2.52 bits per heavy atom. The zero-order valence-corrected chi connectivity index (χ0v) is 13.9. The number of hydrogen-bond acceptors (Lipinski definition) is 3. The summed E-state index contributed by atoms with van der Waals surface area (Å²) in [7, 11) is 0. The van der Waals surface area contributed by atoms with E-state index in [1.54, 1.807) is 4.90 Å². The number of rotatable bonds is 4. The highest BCUT2D eigenvalue weighted by atomic mass is 32.2. The van der Waals surface area contributed by atoms with Gasteiger partial charge in [0.2, 0.25) is 5.91 Å². The Morgan fingerprint density at radius 1 is 1.17 bits per heavy atom. The first-order chi connectivity index (χ1) is 10.8. The van der Waals surface area contributed by atoms with E-state index in [2.05, 4.69) is 0 Å². The average molecular weight is 346 g/mol. The topological polar surface area (TPSA) is 23.6 Å². The van der Waals surface area contributed by atoms with Crippen molar-refractivity contribution in [2.24, 2.45) is 0 Å². The molecule has 0 N–H and O–H groups in total. The van der Waals surface area contributed by atoms with Crippen molar-refractivity contribution < 1.29 is 18.0 Å². The molecule has 1 aliphatic rings. The summed E-state index contributed by atoms with van der Waals surface area (Å²) in [6, 6.07) is 9.64. The Bertz CT molecular complexity index is 510. The molecule has 1 aromatic rings. The van der Waals surface area contributed by atoms with Gasteiger partial charge in [0.1, 0.15) is 0 Å². The van der Waals surface area contributed by atoms with Gasteiger partial charge in [-0.1, -0.05) is 18.2 Å². The molecule has 0 aromatic heterocycles. The molecule has 1 aliphatic heterocycles. The highest BCUT2D eigenvalue weighted by Gasteiger charge is 2.32. The second kappa shape index (κ2) is 8.06. The molecule has 23 heavy (non-hydrogen) atoms. The molecule has 0 aliphatic carbocycles. The van der Waals surface area contributed by atoms with Crippen molar-refractivity contribution in [1.29, 1.82) is 0 Å². The monoisotopic (exact) mass is 346 g/mol. The van der Waals surface area contributed by atoms with Crippen LogP contribution in [0.25, 0.3) is 0 Å². The van der Waals surface area contributed by atoms with E-state index in [4.69, 9.17) is 0 Å². The minimum atomic E-state index is -4.18. The van der Waals surface area contributed by atoms with E-state index in [1.165, 1.54) is 16.7 Å². The van der Waals surface area contributed by atoms with Gasteiger partial charge < -0.3 is 4.90 Å². The number of amides is 1. The fourth-order valence-electron chi connectivity index (χ4n) is 2.61.